The molecule has 27 heavy (non-hydrogen) atoms. The number of rotatable bonds is 7. The van der Waals surface area contributed by atoms with Crippen LogP contribution in [0.3, 0.4) is 0 Å². The summed E-state index contributed by atoms with van der Waals surface area (Å²) in [5.74, 6) is 0.729. The van der Waals surface area contributed by atoms with Crippen LogP contribution in [0.25, 0.3) is 0 Å². The third-order valence-corrected chi connectivity index (χ3v) is 4.86. The van der Waals surface area contributed by atoms with E-state index in [9.17, 15) is 14.9 Å². The van der Waals surface area contributed by atoms with E-state index in [1.165, 1.54) is 0 Å². The van der Waals surface area contributed by atoms with Crippen LogP contribution in [0.15, 0.2) is 66.2 Å². The Hall–Kier alpha value is -3.15. The maximum Gasteiger partial charge on any atom is 0.224 e. The van der Waals surface area contributed by atoms with Gasteiger partial charge >= 0.3 is 0 Å². The van der Waals surface area contributed by atoms with Gasteiger partial charge in [0, 0.05) is 17.3 Å². The van der Waals surface area contributed by atoms with Crippen LogP contribution in [0, 0.1) is 16.0 Å². The lowest BCUT2D eigenvalue weighted by atomic mass is 9.74. The number of benzene rings is 2. The van der Waals surface area contributed by atoms with Gasteiger partial charge in [0.15, 0.2) is 0 Å². The molecule has 1 aliphatic carbocycles. The third-order valence-electron chi connectivity index (χ3n) is 4.86. The summed E-state index contributed by atoms with van der Waals surface area (Å²) in [6.45, 7) is 0.244. The van der Waals surface area contributed by atoms with E-state index in [0.29, 0.717) is 17.6 Å². The molecule has 0 unspecified atom stereocenters. The Morgan fingerprint density at radius 3 is 2.37 bits per heavy atom. The average Bonchev–Trinajstić information content (AvgIpc) is 2.72. The van der Waals surface area contributed by atoms with Crippen molar-refractivity contribution in [2.45, 2.75) is 18.4 Å². The van der Waals surface area contributed by atoms with Gasteiger partial charge in [0.1, 0.15) is 17.8 Å². The molecule has 140 valence electrons. The SMILES string of the molecule is COc1ccc(OC[C@H]2C=C(C=O)C[C@H]([N+](=O)[O-])[C@@H]2c2ccccc2)cc1. The number of hydrogen-bond donors (Lipinski definition) is 0. The van der Waals surface area contributed by atoms with Gasteiger partial charge in [0.05, 0.1) is 19.6 Å². The predicted octanol–water partition coefficient (Wildman–Crippen LogP) is 3.65. The molecule has 0 spiro atoms. The molecule has 6 heteroatoms. The van der Waals surface area contributed by atoms with E-state index in [4.69, 9.17) is 9.47 Å². The van der Waals surface area contributed by atoms with Crippen molar-refractivity contribution in [3.63, 3.8) is 0 Å². The molecule has 3 rings (SSSR count). The Kier molecular flexibility index (Phi) is 5.86. The Labute approximate surface area is 157 Å². The molecule has 0 bridgehead atoms. The van der Waals surface area contributed by atoms with Gasteiger partial charge in [-0.1, -0.05) is 36.4 Å². The third kappa shape index (κ3) is 4.34. The largest absolute Gasteiger partial charge is 0.497 e. The number of carbonyl (C=O) groups is 1. The fourth-order valence-electron chi connectivity index (χ4n) is 3.55. The maximum atomic E-state index is 11.7. The molecule has 0 saturated heterocycles. The number of hydrogen-bond acceptors (Lipinski definition) is 5. The predicted molar refractivity (Wildman–Crippen MR) is 101 cm³/mol. The molecule has 0 heterocycles. The van der Waals surface area contributed by atoms with Crippen molar-refractivity contribution in [3.05, 3.63) is 81.9 Å². The van der Waals surface area contributed by atoms with Crippen molar-refractivity contribution in [2.24, 2.45) is 5.92 Å². The van der Waals surface area contributed by atoms with E-state index in [1.54, 1.807) is 31.4 Å². The highest BCUT2D eigenvalue weighted by Crippen LogP contribution is 2.38. The van der Waals surface area contributed by atoms with Crippen molar-refractivity contribution in [2.75, 3.05) is 13.7 Å². The first-order valence-electron chi connectivity index (χ1n) is 8.73. The van der Waals surface area contributed by atoms with Crippen LogP contribution in [0.5, 0.6) is 11.5 Å². The van der Waals surface area contributed by atoms with E-state index in [2.05, 4.69) is 0 Å². The van der Waals surface area contributed by atoms with Crippen molar-refractivity contribution < 1.29 is 19.2 Å². The highest BCUT2D eigenvalue weighted by Gasteiger charge is 2.42. The van der Waals surface area contributed by atoms with E-state index in [0.717, 1.165) is 11.3 Å². The summed E-state index contributed by atoms with van der Waals surface area (Å²) in [7, 11) is 1.59. The summed E-state index contributed by atoms with van der Waals surface area (Å²) in [6.07, 6.45) is 2.65. The molecule has 6 nitrogen and oxygen atoms in total. The molecule has 0 saturated carbocycles. The smallest absolute Gasteiger partial charge is 0.224 e. The van der Waals surface area contributed by atoms with E-state index >= 15 is 0 Å². The van der Waals surface area contributed by atoms with Crippen LogP contribution in [-0.2, 0) is 4.79 Å². The summed E-state index contributed by atoms with van der Waals surface area (Å²) >= 11 is 0. The topological polar surface area (TPSA) is 78.7 Å². The fourth-order valence-corrected chi connectivity index (χ4v) is 3.55. The first kappa shape index (κ1) is 18.6. The Bertz CT molecular complexity index is 816. The number of methoxy groups -OCH3 is 1. The molecular weight excluding hydrogens is 346 g/mol. The van der Waals surface area contributed by atoms with Gasteiger partial charge in [-0.15, -0.1) is 0 Å². The van der Waals surface area contributed by atoms with Gasteiger partial charge in [-0.25, -0.2) is 0 Å². The summed E-state index contributed by atoms with van der Waals surface area (Å²) in [5, 5.41) is 11.7. The second-order valence-electron chi connectivity index (χ2n) is 6.50. The van der Waals surface area contributed by atoms with Crippen LogP contribution in [0.4, 0.5) is 0 Å². The van der Waals surface area contributed by atoms with Crippen LogP contribution in [0.2, 0.25) is 0 Å². The molecule has 2 aromatic rings. The summed E-state index contributed by atoms with van der Waals surface area (Å²) in [4.78, 5) is 22.7. The summed E-state index contributed by atoms with van der Waals surface area (Å²) < 4.78 is 11.0. The zero-order valence-corrected chi connectivity index (χ0v) is 15.0. The summed E-state index contributed by atoms with van der Waals surface area (Å²) in [6, 6.07) is 15.7. The van der Waals surface area contributed by atoms with Gasteiger partial charge in [-0.2, -0.15) is 0 Å². The van der Waals surface area contributed by atoms with Gasteiger partial charge in [-0.3, -0.25) is 14.9 Å². The van der Waals surface area contributed by atoms with Gasteiger partial charge < -0.3 is 9.47 Å². The minimum atomic E-state index is -0.859. The fraction of sp³-hybridized carbons (Fsp3) is 0.286. The number of nitro groups is 1. The Balaban J connectivity index is 1.87. The van der Waals surface area contributed by atoms with Crippen LogP contribution >= 0.6 is 0 Å². The summed E-state index contributed by atoms with van der Waals surface area (Å²) in [5.41, 5.74) is 1.33. The number of nitrogens with zero attached hydrogens (tertiary/aromatic N) is 1. The van der Waals surface area contributed by atoms with Crippen molar-refractivity contribution >= 4 is 6.29 Å². The molecule has 0 N–H and O–H groups in total. The molecule has 0 fully saturated rings. The quantitative estimate of drug-likeness (QED) is 0.424. The molecule has 0 amide bonds. The normalized spacial score (nSPS) is 21.8. The molecule has 2 aromatic carbocycles. The first-order chi connectivity index (χ1) is 13.1. The van der Waals surface area contributed by atoms with Crippen molar-refractivity contribution in [1.82, 2.24) is 0 Å². The number of aldehydes is 1. The zero-order valence-electron chi connectivity index (χ0n) is 15.0. The molecule has 0 aromatic heterocycles. The standard InChI is InChI=1S/C21H21NO5/c1-26-18-7-9-19(10-8-18)27-14-17-11-15(13-23)12-20(22(24)25)21(17)16-5-3-2-4-6-16/h2-11,13,17,20-21H,12,14H2,1H3/t17-,20+,21-/m1/s1. The highest BCUT2D eigenvalue weighted by atomic mass is 16.6. The minimum Gasteiger partial charge on any atom is -0.497 e. The lowest BCUT2D eigenvalue weighted by molar-refractivity contribution is -0.528. The Morgan fingerprint density at radius 1 is 1.11 bits per heavy atom. The zero-order chi connectivity index (χ0) is 19.2. The second-order valence-corrected chi connectivity index (χ2v) is 6.50. The molecular formula is C21H21NO5. The number of carbonyl (C=O) groups excluding carboxylic acids is 1. The Morgan fingerprint density at radius 2 is 1.78 bits per heavy atom. The lowest BCUT2D eigenvalue weighted by Gasteiger charge is -2.31. The first-order valence-corrected chi connectivity index (χ1v) is 8.73. The van der Waals surface area contributed by atoms with Crippen LogP contribution < -0.4 is 9.47 Å². The number of ether oxygens (including phenoxy) is 2. The van der Waals surface area contributed by atoms with E-state index in [-0.39, 0.29) is 29.8 Å². The molecule has 3 atom stereocenters. The maximum absolute atomic E-state index is 11.7. The van der Waals surface area contributed by atoms with Gasteiger partial charge in [-0.05, 0) is 35.4 Å². The monoisotopic (exact) mass is 367 g/mol. The lowest BCUT2D eigenvalue weighted by Crippen LogP contribution is -2.38. The minimum absolute atomic E-state index is 0.134. The van der Waals surface area contributed by atoms with Crippen LogP contribution in [0.1, 0.15) is 17.9 Å². The average molecular weight is 367 g/mol. The molecule has 1 aliphatic rings. The van der Waals surface area contributed by atoms with Crippen molar-refractivity contribution in [3.8, 4) is 11.5 Å². The van der Waals surface area contributed by atoms with E-state index < -0.39 is 6.04 Å². The second kappa shape index (κ2) is 8.49. The molecule has 0 radical (unpaired) electrons. The van der Waals surface area contributed by atoms with E-state index in [1.807, 2.05) is 36.4 Å². The van der Waals surface area contributed by atoms with Crippen LogP contribution in [-0.4, -0.2) is 31.0 Å². The molecule has 0 aliphatic heterocycles. The van der Waals surface area contributed by atoms with Gasteiger partial charge in [0.2, 0.25) is 6.04 Å². The van der Waals surface area contributed by atoms with Crippen molar-refractivity contribution in [1.29, 1.82) is 0 Å². The van der Waals surface area contributed by atoms with Gasteiger partial charge in [0.25, 0.3) is 0 Å². The highest BCUT2D eigenvalue weighted by molar-refractivity contribution is 5.74.